The highest BCUT2D eigenvalue weighted by Gasteiger charge is 2.04. The molecule has 17 heavy (non-hydrogen) atoms. The van der Waals surface area contributed by atoms with E-state index < -0.39 is 0 Å². The first-order valence-electron chi connectivity index (χ1n) is 5.64. The number of hydrogen-bond acceptors (Lipinski definition) is 3. The molecule has 0 aliphatic carbocycles. The molecule has 0 radical (unpaired) electrons. The van der Waals surface area contributed by atoms with Crippen LogP contribution in [0, 0.1) is 18.3 Å². The van der Waals surface area contributed by atoms with E-state index in [2.05, 4.69) is 49.2 Å². The van der Waals surface area contributed by atoms with E-state index in [0.29, 0.717) is 5.75 Å². The molecule has 0 saturated carbocycles. The molecule has 0 amide bonds. The molecule has 2 rings (SSSR count). The molecule has 0 N–H and O–H groups in total. The third kappa shape index (κ3) is 2.59. The Morgan fingerprint density at radius 2 is 2.18 bits per heavy atom. The summed E-state index contributed by atoms with van der Waals surface area (Å²) in [5.41, 5.74) is 3.58. The summed E-state index contributed by atoms with van der Waals surface area (Å²) in [6, 6.07) is 10.6. The van der Waals surface area contributed by atoms with Crippen LogP contribution in [-0.4, -0.2) is 10.7 Å². The topological polar surface area (TPSA) is 36.7 Å². The maximum Gasteiger partial charge on any atom is 0.0980 e. The SMILES string of the molecule is CCc1ccc2nc(SCC#N)cc(C)c2c1. The minimum Gasteiger partial charge on any atom is -0.241 e. The second-order valence-electron chi connectivity index (χ2n) is 3.93. The number of rotatable bonds is 3. The molecule has 86 valence electrons. The number of benzene rings is 1. The van der Waals surface area contributed by atoms with Crippen LogP contribution in [0.4, 0.5) is 0 Å². The van der Waals surface area contributed by atoms with Gasteiger partial charge in [-0.25, -0.2) is 4.98 Å². The minimum atomic E-state index is 0.449. The normalized spacial score (nSPS) is 10.4. The fourth-order valence-electron chi connectivity index (χ4n) is 1.81. The first-order valence-corrected chi connectivity index (χ1v) is 6.63. The molecular weight excluding hydrogens is 228 g/mol. The van der Waals surface area contributed by atoms with Gasteiger partial charge in [0.15, 0.2) is 0 Å². The Hall–Kier alpha value is -1.53. The Labute approximate surface area is 106 Å². The van der Waals surface area contributed by atoms with Gasteiger partial charge in [-0.2, -0.15) is 5.26 Å². The molecule has 1 heterocycles. The number of nitriles is 1. The van der Waals surface area contributed by atoms with Crippen molar-refractivity contribution in [3.8, 4) is 6.07 Å². The van der Waals surface area contributed by atoms with Gasteiger partial charge in [0.25, 0.3) is 0 Å². The molecule has 0 fully saturated rings. The lowest BCUT2D eigenvalue weighted by Crippen LogP contribution is -1.89. The first kappa shape index (κ1) is 11.9. The summed E-state index contributed by atoms with van der Waals surface area (Å²) in [7, 11) is 0. The molecule has 1 aromatic heterocycles. The van der Waals surface area contributed by atoms with Crippen molar-refractivity contribution in [3.05, 3.63) is 35.4 Å². The van der Waals surface area contributed by atoms with E-state index in [1.165, 1.54) is 28.3 Å². The van der Waals surface area contributed by atoms with Crippen LogP contribution in [-0.2, 0) is 6.42 Å². The van der Waals surface area contributed by atoms with Gasteiger partial charge in [0.05, 0.1) is 22.4 Å². The van der Waals surface area contributed by atoms with Gasteiger partial charge >= 0.3 is 0 Å². The molecule has 2 nitrogen and oxygen atoms in total. The van der Waals surface area contributed by atoms with Crippen molar-refractivity contribution < 1.29 is 0 Å². The first-order chi connectivity index (χ1) is 8.24. The molecule has 2 aromatic rings. The number of aromatic nitrogens is 1. The average Bonchev–Trinajstić information content (AvgIpc) is 2.36. The zero-order chi connectivity index (χ0) is 12.3. The number of hydrogen-bond donors (Lipinski definition) is 0. The molecular formula is C14H14N2S. The van der Waals surface area contributed by atoms with Crippen LogP contribution in [0.15, 0.2) is 29.3 Å². The largest absolute Gasteiger partial charge is 0.241 e. The average molecular weight is 242 g/mol. The van der Waals surface area contributed by atoms with E-state index >= 15 is 0 Å². The summed E-state index contributed by atoms with van der Waals surface area (Å²) >= 11 is 1.49. The highest BCUT2D eigenvalue weighted by molar-refractivity contribution is 7.99. The van der Waals surface area contributed by atoms with E-state index in [1.54, 1.807) is 0 Å². The van der Waals surface area contributed by atoms with Crippen molar-refractivity contribution in [2.75, 3.05) is 5.75 Å². The number of thioether (sulfide) groups is 1. The Balaban J connectivity index is 2.48. The lowest BCUT2D eigenvalue weighted by atomic mass is 10.1. The van der Waals surface area contributed by atoms with Crippen LogP contribution < -0.4 is 0 Å². The summed E-state index contributed by atoms with van der Waals surface area (Å²) in [4.78, 5) is 4.56. The number of pyridine rings is 1. The standard InChI is InChI=1S/C14H14N2S/c1-3-11-4-5-13-12(9-11)10(2)8-14(16-13)17-7-6-15/h4-5,8-9H,3,7H2,1-2H3. The van der Waals surface area contributed by atoms with Crippen molar-refractivity contribution in [1.29, 1.82) is 5.26 Å². The van der Waals surface area contributed by atoms with E-state index in [9.17, 15) is 0 Å². The zero-order valence-electron chi connectivity index (χ0n) is 10.0. The maximum absolute atomic E-state index is 8.58. The van der Waals surface area contributed by atoms with Gasteiger partial charge in [0.1, 0.15) is 0 Å². The van der Waals surface area contributed by atoms with Gasteiger partial charge in [-0.1, -0.05) is 24.8 Å². The summed E-state index contributed by atoms with van der Waals surface area (Å²) in [6.07, 6.45) is 1.04. The number of aryl methyl sites for hydroxylation is 2. The molecule has 0 aliphatic heterocycles. The molecule has 0 bridgehead atoms. The fraction of sp³-hybridized carbons (Fsp3) is 0.286. The molecule has 1 aromatic carbocycles. The second kappa shape index (κ2) is 5.20. The molecule has 0 spiro atoms. The van der Waals surface area contributed by atoms with E-state index in [1.807, 2.05) is 0 Å². The van der Waals surface area contributed by atoms with Crippen LogP contribution in [0.5, 0.6) is 0 Å². The van der Waals surface area contributed by atoms with Gasteiger partial charge in [0, 0.05) is 5.39 Å². The van der Waals surface area contributed by atoms with Crippen molar-refractivity contribution >= 4 is 22.7 Å². The Morgan fingerprint density at radius 3 is 2.88 bits per heavy atom. The van der Waals surface area contributed by atoms with Crippen LogP contribution in [0.25, 0.3) is 10.9 Å². The van der Waals surface area contributed by atoms with Crippen molar-refractivity contribution in [2.24, 2.45) is 0 Å². The smallest absolute Gasteiger partial charge is 0.0980 e. The van der Waals surface area contributed by atoms with E-state index in [0.717, 1.165) is 17.0 Å². The molecule has 0 atom stereocenters. The lowest BCUT2D eigenvalue weighted by molar-refractivity contribution is 1.13. The quantitative estimate of drug-likeness (QED) is 0.770. The predicted octanol–water partition coefficient (Wildman–Crippen LogP) is 3.72. The lowest BCUT2D eigenvalue weighted by Gasteiger charge is -2.06. The third-order valence-electron chi connectivity index (χ3n) is 2.75. The number of fused-ring (bicyclic) bond motifs is 1. The van der Waals surface area contributed by atoms with Gasteiger partial charge in [-0.15, -0.1) is 0 Å². The second-order valence-corrected chi connectivity index (χ2v) is 4.92. The predicted molar refractivity (Wildman–Crippen MR) is 72.2 cm³/mol. The monoisotopic (exact) mass is 242 g/mol. The van der Waals surface area contributed by atoms with E-state index in [4.69, 9.17) is 5.26 Å². The van der Waals surface area contributed by atoms with E-state index in [-0.39, 0.29) is 0 Å². The minimum absolute atomic E-state index is 0.449. The Bertz CT molecular complexity index is 585. The summed E-state index contributed by atoms with van der Waals surface area (Å²) in [6.45, 7) is 4.25. The number of nitrogens with zero attached hydrogens (tertiary/aromatic N) is 2. The highest BCUT2D eigenvalue weighted by Crippen LogP contribution is 2.24. The molecule has 0 saturated heterocycles. The zero-order valence-corrected chi connectivity index (χ0v) is 10.8. The Morgan fingerprint density at radius 1 is 1.35 bits per heavy atom. The molecule has 0 aliphatic rings. The Kier molecular flexibility index (Phi) is 3.65. The van der Waals surface area contributed by atoms with Crippen LogP contribution in [0.3, 0.4) is 0 Å². The van der Waals surface area contributed by atoms with Crippen molar-refractivity contribution in [1.82, 2.24) is 4.98 Å². The van der Waals surface area contributed by atoms with Crippen LogP contribution in [0.1, 0.15) is 18.1 Å². The van der Waals surface area contributed by atoms with Gasteiger partial charge in [-0.05, 0) is 42.7 Å². The molecule has 3 heteroatoms. The van der Waals surface area contributed by atoms with Crippen LogP contribution in [0.2, 0.25) is 0 Å². The maximum atomic E-state index is 8.58. The van der Waals surface area contributed by atoms with Crippen LogP contribution >= 0.6 is 11.8 Å². The summed E-state index contributed by atoms with van der Waals surface area (Å²) < 4.78 is 0. The summed E-state index contributed by atoms with van der Waals surface area (Å²) in [5, 5.41) is 10.7. The summed E-state index contributed by atoms with van der Waals surface area (Å²) in [5.74, 6) is 0.449. The van der Waals surface area contributed by atoms with Crippen molar-refractivity contribution in [3.63, 3.8) is 0 Å². The van der Waals surface area contributed by atoms with Crippen molar-refractivity contribution in [2.45, 2.75) is 25.3 Å². The van der Waals surface area contributed by atoms with Gasteiger partial charge in [0.2, 0.25) is 0 Å². The van der Waals surface area contributed by atoms with Gasteiger partial charge in [-0.3, -0.25) is 0 Å². The fourth-order valence-corrected chi connectivity index (χ4v) is 2.45. The van der Waals surface area contributed by atoms with Gasteiger partial charge < -0.3 is 0 Å². The molecule has 0 unspecified atom stereocenters. The highest BCUT2D eigenvalue weighted by atomic mass is 32.2. The third-order valence-corrected chi connectivity index (χ3v) is 3.53.